The number of ether oxygens (including phenoxy) is 1. The van der Waals surface area contributed by atoms with Crippen molar-refractivity contribution < 1.29 is 4.74 Å². The molecule has 0 spiro atoms. The van der Waals surface area contributed by atoms with Gasteiger partial charge < -0.3 is 15.4 Å². The minimum atomic E-state index is 0.771. The van der Waals surface area contributed by atoms with Gasteiger partial charge in [0.2, 0.25) is 0 Å². The van der Waals surface area contributed by atoms with E-state index in [0.29, 0.717) is 0 Å². The predicted octanol–water partition coefficient (Wildman–Crippen LogP) is 4.31. The highest BCUT2D eigenvalue weighted by Crippen LogP contribution is 2.15. The summed E-state index contributed by atoms with van der Waals surface area (Å²) >= 11 is 0. The Morgan fingerprint density at radius 2 is 1.62 bits per heavy atom. The van der Waals surface area contributed by atoms with Crippen LogP contribution in [-0.4, -0.2) is 19.7 Å². The fourth-order valence-corrected chi connectivity index (χ4v) is 2.06. The summed E-state index contributed by atoms with van der Waals surface area (Å²) < 4.78 is 5.56. The highest BCUT2D eigenvalue weighted by Gasteiger charge is 1.95. The number of aryl methyl sites for hydroxylation is 1. The zero-order valence-electron chi connectivity index (χ0n) is 12.9. The van der Waals surface area contributed by atoms with E-state index in [4.69, 9.17) is 4.74 Å². The van der Waals surface area contributed by atoms with Crippen molar-refractivity contribution in [1.29, 1.82) is 0 Å². The number of hydrogen-bond acceptors (Lipinski definition) is 3. The van der Waals surface area contributed by atoms with E-state index in [1.165, 1.54) is 11.3 Å². The smallest absolute Gasteiger partial charge is 0.119 e. The van der Waals surface area contributed by atoms with E-state index in [0.717, 1.165) is 37.6 Å². The second-order valence-corrected chi connectivity index (χ2v) is 5.10. The van der Waals surface area contributed by atoms with Crippen LogP contribution in [0.25, 0.3) is 0 Å². The number of benzene rings is 2. The van der Waals surface area contributed by atoms with Crippen molar-refractivity contribution >= 4 is 11.4 Å². The average molecular weight is 284 g/mol. The molecule has 2 N–H and O–H groups in total. The van der Waals surface area contributed by atoms with Gasteiger partial charge in [-0.05, 0) is 55.3 Å². The molecule has 2 aromatic carbocycles. The van der Waals surface area contributed by atoms with Crippen LogP contribution in [0.3, 0.4) is 0 Å². The second kappa shape index (κ2) is 8.20. The van der Waals surface area contributed by atoms with Gasteiger partial charge in [0.25, 0.3) is 0 Å². The van der Waals surface area contributed by atoms with Gasteiger partial charge in [-0.3, -0.25) is 0 Å². The first-order valence-corrected chi connectivity index (χ1v) is 7.55. The molecule has 2 aromatic rings. The van der Waals surface area contributed by atoms with Crippen LogP contribution >= 0.6 is 0 Å². The summed E-state index contributed by atoms with van der Waals surface area (Å²) in [6.07, 6.45) is 1.03. The monoisotopic (exact) mass is 284 g/mol. The van der Waals surface area contributed by atoms with Gasteiger partial charge in [-0.1, -0.05) is 19.1 Å². The molecule has 0 bridgehead atoms. The summed E-state index contributed by atoms with van der Waals surface area (Å²) in [7, 11) is 0. The summed E-state index contributed by atoms with van der Waals surface area (Å²) in [5.74, 6) is 0.931. The number of rotatable bonds is 8. The fourth-order valence-electron chi connectivity index (χ4n) is 2.06. The Bertz CT molecular complexity index is 537. The van der Waals surface area contributed by atoms with Crippen LogP contribution in [0.1, 0.15) is 18.9 Å². The Balaban J connectivity index is 1.71. The third-order valence-electron chi connectivity index (χ3n) is 3.13. The summed E-state index contributed by atoms with van der Waals surface area (Å²) in [5, 5.41) is 6.80. The first-order valence-electron chi connectivity index (χ1n) is 7.55. The Morgan fingerprint density at radius 1 is 0.905 bits per heavy atom. The van der Waals surface area contributed by atoms with Crippen LogP contribution in [0.4, 0.5) is 11.4 Å². The van der Waals surface area contributed by atoms with Crippen molar-refractivity contribution in [3.8, 4) is 5.75 Å². The van der Waals surface area contributed by atoms with Gasteiger partial charge in [0.15, 0.2) is 0 Å². The van der Waals surface area contributed by atoms with E-state index in [1.54, 1.807) is 0 Å². The lowest BCUT2D eigenvalue weighted by molar-refractivity contribution is 0.317. The van der Waals surface area contributed by atoms with Crippen molar-refractivity contribution in [3.05, 3.63) is 54.1 Å². The minimum Gasteiger partial charge on any atom is -0.494 e. The molecule has 0 radical (unpaired) electrons. The van der Waals surface area contributed by atoms with Crippen molar-refractivity contribution in [2.75, 3.05) is 30.3 Å². The molecule has 0 unspecified atom stereocenters. The normalized spacial score (nSPS) is 10.2. The lowest BCUT2D eigenvalue weighted by Gasteiger charge is -2.10. The maximum Gasteiger partial charge on any atom is 0.119 e. The molecule has 0 aliphatic heterocycles. The lowest BCUT2D eigenvalue weighted by atomic mass is 10.2. The van der Waals surface area contributed by atoms with Gasteiger partial charge in [0.05, 0.1) is 6.61 Å². The molecule has 0 saturated carbocycles. The van der Waals surface area contributed by atoms with Crippen LogP contribution < -0.4 is 15.4 Å². The topological polar surface area (TPSA) is 33.3 Å². The average Bonchev–Trinajstić information content (AvgIpc) is 2.51. The molecule has 0 fully saturated rings. The number of anilines is 2. The largest absolute Gasteiger partial charge is 0.494 e. The molecular formula is C18H24N2O. The maximum atomic E-state index is 5.56. The predicted molar refractivity (Wildman–Crippen MR) is 90.4 cm³/mol. The van der Waals surface area contributed by atoms with Gasteiger partial charge in [0, 0.05) is 24.5 Å². The van der Waals surface area contributed by atoms with Gasteiger partial charge in [-0.25, -0.2) is 0 Å². The number of hydrogen-bond donors (Lipinski definition) is 2. The molecule has 0 atom stereocenters. The Labute approximate surface area is 127 Å². The molecule has 112 valence electrons. The van der Waals surface area contributed by atoms with Gasteiger partial charge in [-0.2, -0.15) is 0 Å². The van der Waals surface area contributed by atoms with E-state index in [9.17, 15) is 0 Å². The van der Waals surface area contributed by atoms with Gasteiger partial charge >= 0.3 is 0 Å². The van der Waals surface area contributed by atoms with Crippen LogP contribution in [0.5, 0.6) is 5.75 Å². The molecule has 0 saturated heterocycles. The summed E-state index contributed by atoms with van der Waals surface area (Å²) in [4.78, 5) is 0. The summed E-state index contributed by atoms with van der Waals surface area (Å²) in [6, 6.07) is 16.5. The van der Waals surface area contributed by atoms with Gasteiger partial charge in [-0.15, -0.1) is 0 Å². The third kappa shape index (κ3) is 5.38. The highest BCUT2D eigenvalue weighted by atomic mass is 16.5. The Kier molecular flexibility index (Phi) is 5.95. The van der Waals surface area contributed by atoms with Crippen molar-refractivity contribution in [2.45, 2.75) is 20.3 Å². The van der Waals surface area contributed by atoms with Crippen molar-refractivity contribution in [3.63, 3.8) is 0 Å². The first-order chi connectivity index (χ1) is 10.3. The van der Waals surface area contributed by atoms with Crippen LogP contribution in [0, 0.1) is 6.92 Å². The van der Waals surface area contributed by atoms with Crippen molar-refractivity contribution in [1.82, 2.24) is 0 Å². The second-order valence-electron chi connectivity index (χ2n) is 5.10. The van der Waals surface area contributed by atoms with E-state index < -0.39 is 0 Å². The zero-order valence-corrected chi connectivity index (χ0v) is 12.9. The molecular weight excluding hydrogens is 260 g/mol. The fraction of sp³-hybridized carbons (Fsp3) is 0.333. The molecule has 3 heteroatoms. The lowest BCUT2D eigenvalue weighted by Crippen LogP contribution is -2.13. The van der Waals surface area contributed by atoms with Crippen molar-refractivity contribution in [2.24, 2.45) is 0 Å². The molecule has 0 aromatic heterocycles. The highest BCUT2D eigenvalue weighted by molar-refractivity contribution is 5.48. The maximum absolute atomic E-state index is 5.56. The summed E-state index contributed by atoms with van der Waals surface area (Å²) in [6.45, 7) is 6.75. The standard InChI is InChI=1S/C18H24N2O/c1-3-13-21-18-9-7-16(8-10-18)19-11-12-20-17-6-4-5-15(2)14-17/h4-10,14,19-20H,3,11-13H2,1-2H3. The van der Waals surface area contributed by atoms with Crippen LogP contribution in [0.15, 0.2) is 48.5 Å². The van der Waals surface area contributed by atoms with E-state index >= 15 is 0 Å². The summed E-state index contributed by atoms with van der Waals surface area (Å²) in [5.41, 5.74) is 3.56. The van der Waals surface area contributed by atoms with Gasteiger partial charge in [0.1, 0.15) is 5.75 Å². The molecule has 2 rings (SSSR count). The molecule has 3 nitrogen and oxygen atoms in total. The Hall–Kier alpha value is -2.16. The SMILES string of the molecule is CCCOc1ccc(NCCNc2cccc(C)c2)cc1. The molecule has 0 aliphatic rings. The van der Waals surface area contributed by atoms with Crippen LogP contribution in [0.2, 0.25) is 0 Å². The molecule has 21 heavy (non-hydrogen) atoms. The Morgan fingerprint density at radius 3 is 2.29 bits per heavy atom. The van der Waals surface area contributed by atoms with Crippen LogP contribution in [-0.2, 0) is 0 Å². The minimum absolute atomic E-state index is 0.771. The molecule has 0 aliphatic carbocycles. The van der Waals surface area contributed by atoms with E-state index in [-0.39, 0.29) is 0 Å². The molecule has 0 heterocycles. The first kappa shape index (κ1) is 15.2. The van der Waals surface area contributed by atoms with E-state index in [1.807, 2.05) is 12.1 Å². The zero-order chi connectivity index (χ0) is 14.9. The molecule has 0 amide bonds. The quantitative estimate of drug-likeness (QED) is 0.709. The van der Waals surface area contributed by atoms with E-state index in [2.05, 4.69) is 60.9 Å². The number of nitrogens with one attached hydrogen (secondary N) is 2. The third-order valence-corrected chi connectivity index (χ3v) is 3.13.